The summed E-state index contributed by atoms with van der Waals surface area (Å²) in [6.45, 7) is 4.04. The van der Waals surface area contributed by atoms with Gasteiger partial charge in [0.2, 0.25) is 0 Å². The second-order valence-electron chi connectivity index (χ2n) is 4.98. The normalized spacial score (nSPS) is 10.3. The van der Waals surface area contributed by atoms with Crippen molar-refractivity contribution in [1.82, 2.24) is 0 Å². The third-order valence-corrected chi connectivity index (χ3v) is 3.25. The average Bonchev–Trinajstić information content (AvgIpc) is 2.41. The number of carbonyl (C=O) groups excluding carboxylic acids is 1. The maximum absolute atomic E-state index is 12.2. The molecule has 0 aromatic heterocycles. The molecule has 3 N–H and O–H groups in total. The van der Waals surface area contributed by atoms with E-state index in [1.165, 1.54) is 5.56 Å². The first-order chi connectivity index (χ1) is 9.60. The number of benzene rings is 2. The number of carbonyl (C=O) groups is 1. The molecule has 0 bridgehead atoms. The second-order valence-corrected chi connectivity index (χ2v) is 4.98. The van der Waals surface area contributed by atoms with Crippen molar-refractivity contribution in [2.24, 2.45) is 0 Å². The molecule has 2 rings (SSSR count). The van der Waals surface area contributed by atoms with E-state index in [4.69, 9.17) is 5.73 Å². The summed E-state index contributed by atoms with van der Waals surface area (Å²) in [6.07, 6.45) is 2.18. The van der Waals surface area contributed by atoms with E-state index < -0.39 is 0 Å². The third kappa shape index (κ3) is 3.38. The lowest BCUT2D eigenvalue weighted by molar-refractivity contribution is 0.102. The lowest BCUT2D eigenvalue weighted by Crippen LogP contribution is -2.13. The van der Waals surface area contributed by atoms with Crippen LogP contribution in [-0.4, -0.2) is 5.91 Å². The van der Waals surface area contributed by atoms with Crippen molar-refractivity contribution in [1.29, 1.82) is 0 Å². The summed E-state index contributed by atoms with van der Waals surface area (Å²) >= 11 is 0. The summed E-state index contributed by atoms with van der Waals surface area (Å²) in [5.41, 5.74) is 9.99. The molecule has 0 fully saturated rings. The van der Waals surface area contributed by atoms with Gasteiger partial charge in [0.1, 0.15) is 0 Å². The van der Waals surface area contributed by atoms with Gasteiger partial charge in [-0.2, -0.15) is 0 Å². The van der Waals surface area contributed by atoms with Gasteiger partial charge in [0.05, 0.1) is 0 Å². The topological polar surface area (TPSA) is 55.1 Å². The van der Waals surface area contributed by atoms with Crippen molar-refractivity contribution >= 4 is 17.3 Å². The zero-order chi connectivity index (χ0) is 14.5. The van der Waals surface area contributed by atoms with E-state index in [1.54, 1.807) is 18.2 Å². The largest absolute Gasteiger partial charge is 0.399 e. The Labute approximate surface area is 119 Å². The lowest BCUT2D eigenvalue weighted by Gasteiger charge is -2.09. The van der Waals surface area contributed by atoms with Crippen molar-refractivity contribution in [3.8, 4) is 0 Å². The number of nitrogens with two attached hydrogens (primary N) is 1. The molecule has 2 aromatic carbocycles. The van der Waals surface area contributed by atoms with Crippen LogP contribution >= 0.6 is 0 Å². The minimum absolute atomic E-state index is 0.106. The van der Waals surface area contributed by atoms with Gasteiger partial charge < -0.3 is 11.1 Å². The van der Waals surface area contributed by atoms with Crippen LogP contribution in [0.15, 0.2) is 42.5 Å². The Morgan fingerprint density at radius 3 is 2.45 bits per heavy atom. The van der Waals surface area contributed by atoms with Gasteiger partial charge in [-0.15, -0.1) is 0 Å². The average molecular weight is 268 g/mol. The number of hydrogen-bond acceptors (Lipinski definition) is 2. The number of amides is 1. The standard InChI is InChI=1S/C17H20N2O/c1-3-4-13-5-8-15(9-6-13)19-17(20)16-10-7-14(18)11-12(16)2/h5-11H,3-4,18H2,1-2H3,(H,19,20). The van der Waals surface area contributed by atoms with Crippen LogP contribution in [0, 0.1) is 6.92 Å². The lowest BCUT2D eigenvalue weighted by atomic mass is 10.1. The highest BCUT2D eigenvalue weighted by Gasteiger charge is 2.09. The van der Waals surface area contributed by atoms with E-state index in [2.05, 4.69) is 24.4 Å². The third-order valence-electron chi connectivity index (χ3n) is 3.25. The van der Waals surface area contributed by atoms with Crippen LogP contribution < -0.4 is 11.1 Å². The summed E-state index contributed by atoms with van der Waals surface area (Å²) < 4.78 is 0. The smallest absolute Gasteiger partial charge is 0.255 e. The fourth-order valence-electron chi connectivity index (χ4n) is 2.18. The van der Waals surface area contributed by atoms with Crippen LogP contribution in [0.4, 0.5) is 11.4 Å². The van der Waals surface area contributed by atoms with Crippen molar-refractivity contribution in [3.05, 3.63) is 59.2 Å². The summed E-state index contributed by atoms with van der Waals surface area (Å²) in [5, 5.41) is 2.91. The minimum Gasteiger partial charge on any atom is -0.399 e. The first-order valence-corrected chi connectivity index (χ1v) is 6.86. The fourth-order valence-corrected chi connectivity index (χ4v) is 2.18. The molecule has 0 aliphatic heterocycles. The Bertz CT molecular complexity index is 603. The summed E-state index contributed by atoms with van der Waals surface area (Å²) in [6, 6.07) is 13.3. The zero-order valence-corrected chi connectivity index (χ0v) is 11.9. The van der Waals surface area contributed by atoms with Crippen molar-refractivity contribution in [2.45, 2.75) is 26.7 Å². The van der Waals surface area contributed by atoms with Crippen LogP contribution in [0.1, 0.15) is 34.8 Å². The molecule has 104 valence electrons. The van der Waals surface area contributed by atoms with Gasteiger partial charge in [-0.05, 0) is 54.8 Å². The van der Waals surface area contributed by atoms with Crippen LogP contribution in [0.5, 0.6) is 0 Å². The molecule has 0 radical (unpaired) electrons. The quantitative estimate of drug-likeness (QED) is 0.829. The van der Waals surface area contributed by atoms with Crippen molar-refractivity contribution < 1.29 is 4.79 Å². The molecule has 3 nitrogen and oxygen atoms in total. The Morgan fingerprint density at radius 1 is 1.15 bits per heavy atom. The Balaban J connectivity index is 2.11. The molecule has 1 amide bonds. The molecule has 2 aromatic rings. The SMILES string of the molecule is CCCc1ccc(NC(=O)c2ccc(N)cc2C)cc1. The summed E-state index contributed by atoms with van der Waals surface area (Å²) in [7, 11) is 0. The molecule has 20 heavy (non-hydrogen) atoms. The van der Waals surface area contributed by atoms with Gasteiger partial charge in [-0.25, -0.2) is 0 Å². The first-order valence-electron chi connectivity index (χ1n) is 6.86. The zero-order valence-electron chi connectivity index (χ0n) is 11.9. The molecule has 0 atom stereocenters. The maximum atomic E-state index is 12.2. The number of aryl methyl sites for hydroxylation is 2. The number of nitrogen functional groups attached to an aromatic ring is 1. The van der Waals surface area contributed by atoms with Crippen molar-refractivity contribution in [3.63, 3.8) is 0 Å². The van der Waals surface area contributed by atoms with Gasteiger partial charge in [0.15, 0.2) is 0 Å². The predicted octanol–water partition coefficient (Wildman–Crippen LogP) is 3.78. The number of anilines is 2. The van der Waals surface area contributed by atoms with Crippen molar-refractivity contribution in [2.75, 3.05) is 11.1 Å². The first kappa shape index (κ1) is 14.1. The minimum atomic E-state index is -0.106. The van der Waals surface area contributed by atoms with Crippen LogP contribution in [0.3, 0.4) is 0 Å². The van der Waals surface area contributed by atoms with Gasteiger partial charge in [-0.3, -0.25) is 4.79 Å². The molecule has 3 heteroatoms. The second kappa shape index (κ2) is 6.24. The Morgan fingerprint density at radius 2 is 1.85 bits per heavy atom. The highest BCUT2D eigenvalue weighted by atomic mass is 16.1. The van der Waals surface area contributed by atoms with E-state index in [0.717, 1.165) is 24.1 Å². The molecule has 0 saturated carbocycles. The monoisotopic (exact) mass is 268 g/mol. The highest BCUT2D eigenvalue weighted by Crippen LogP contribution is 2.16. The van der Waals surface area contributed by atoms with Crippen LogP contribution in [0.2, 0.25) is 0 Å². The van der Waals surface area contributed by atoms with Gasteiger partial charge in [-0.1, -0.05) is 25.5 Å². The van der Waals surface area contributed by atoms with E-state index in [1.807, 2.05) is 19.1 Å². The van der Waals surface area contributed by atoms with E-state index in [9.17, 15) is 4.79 Å². The Hall–Kier alpha value is -2.29. The van der Waals surface area contributed by atoms with E-state index >= 15 is 0 Å². The molecular formula is C17H20N2O. The van der Waals surface area contributed by atoms with E-state index in [-0.39, 0.29) is 5.91 Å². The molecule has 0 aliphatic rings. The van der Waals surface area contributed by atoms with E-state index in [0.29, 0.717) is 11.3 Å². The number of rotatable bonds is 4. The highest BCUT2D eigenvalue weighted by molar-refractivity contribution is 6.05. The van der Waals surface area contributed by atoms with Gasteiger partial charge in [0, 0.05) is 16.9 Å². The number of nitrogens with one attached hydrogen (secondary N) is 1. The van der Waals surface area contributed by atoms with Gasteiger partial charge in [0.25, 0.3) is 5.91 Å². The predicted molar refractivity (Wildman–Crippen MR) is 84.0 cm³/mol. The fraction of sp³-hybridized carbons (Fsp3) is 0.235. The molecular weight excluding hydrogens is 248 g/mol. The molecule has 0 saturated heterocycles. The molecule has 0 aliphatic carbocycles. The summed E-state index contributed by atoms with van der Waals surface area (Å²) in [5.74, 6) is -0.106. The van der Waals surface area contributed by atoms with Crippen LogP contribution in [-0.2, 0) is 6.42 Å². The summed E-state index contributed by atoms with van der Waals surface area (Å²) in [4.78, 5) is 12.2. The maximum Gasteiger partial charge on any atom is 0.255 e. The van der Waals surface area contributed by atoms with Gasteiger partial charge >= 0.3 is 0 Å². The molecule has 0 spiro atoms. The molecule has 0 unspecified atom stereocenters. The molecule has 0 heterocycles. The van der Waals surface area contributed by atoms with Crippen LogP contribution in [0.25, 0.3) is 0 Å². The number of hydrogen-bond donors (Lipinski definition) is 2. The Kier molecular flexibility index (Phi) is 4.41.